The minimum absolute atomic E-state index is 0.110. The van der Waals surface area contributed by atoms with Gasteiger partial charge in [0.05, 0.1) is 12.3 Å². The lowest BCUT2D eigenvalue weighted by atomic mass is 10.1. The van der Waals surface area contributed by atoms with Crippen molar-refractivity contribution in [1.29, 1.82) is 0 Å². The van der Waals surface area contributed by atoms with Crippen LogP contribution in [0.15, 0.2) is 36.4 Å². The van der Waals surface area contributed by atoms with Crippen molar-refractivity contribution in [1.82, 2.24) is 5.32 Å². The topological polar surface area (TPSA) is 61.8 Å². The molecule has 0 heterocycles. The third-order valence-corrected chi connectivity index (χ3v) is 4.00. The summed E-state index contributed by atoms with van der Waals surface area (Å²) in [6.07, 6.45) is 0. The van der Waals surface area contributed by atoms with Crippen LogP contribution in [-0.4, -0.2) is 25.2 Å². The van der Waals surface area contributed by atoms with Crippen LogP contribution in [0.2, 0.25) is 0 Å². The molecule has 0 aliphatic carbocycles. The first-order valence-electron chi connectivity index (χ1n) is 7.85. The first-order valence-corrected chi connectivity index (χ1v) is 7.85. The number of carbonyl (C=O) groups is 1. The maximum Gasteiger partial charge on any atom is 0.321 e. The smallest absolute Gasteiger partial charge is 0.321 e. The first-order chi connectivity index (χ1) is 11.5. The van der Waals surface area contributed by atoms with Gasteiger partial charge < -0.3 is 15.2 Å². The van der Waals surface area contributed by atoms with Gasteiger partial charge in [0.25, 0.3) is 0 Å². The van der Waals surface area contributed by atoms with Crippen molar-refractivity contribution in [3.05, 3.63) is 58.7 Å². The number of carbonyl (C=O) groups excluding carboxylic acids is 1. The number of aliphatic hydroxyl groups excluding tert-OH is 1. The van der Waals surface area contributed by atoms with E-state index < -0.39 is 0 Å². The Morgan fingerprint density at radius 3 is 2.62 bits per heavy atom. The number of rotatable bonds is 5. The van der Waals surface area contributed by atoms with Gasteiger partial charge >= 0.3 is 6.03 Å². The summed E-state index contributed by atoms with van der Waals surface area (Å²) >= 11 is 0. The van der Waals surface area contributed by atoms with Crippen LogP contribution < -0.4 is 15.0 Å². The van der Waals surface area contributed by atoms with Gasteiger partial charge in [0.2, 0.25) is 0 Å². The molecule has 0 atom stereocenters. The standard InChI is InChI=1S/C19H24N2O3/c1-13-8-9-18(14(2)10-13)24-12-16-15(11-22)6-5-7-17(16)21(4)19(23)20-3/h5-10,22H,11-12H2,1-4H3,(H,20,23). The molecule has 2 aromatic carbocycles. The van der Waals surface area contributed by atoms with Crippen molar-refractivity contribution in [3.63, 3.8) is 0 Å². The average Bonchev–Trinajstić information content (AvgIpc) is 2.59. The van der Waals surface area contributed by atoms with E-state index in [1.165, 1.54) is 10.5 Å². The molecule has 0 aliphatic rings. The average molecular weight is 328 g/mol. The Bertz CT molecular complexity index is 729. The number of aliphatic hydroxyl groups is 1. The summed E-state index contributed by atoms with van der Waals surface area (Å²) in [5.41, 5.74) is 4.48. The molecular weight excluding hydrogens is 304 g/mol. The van der Waals surface area contributed by atoms with Gasteiger partial charge in [-0.1, -0.05) is 29.8 Å². The van der Waals surface area contributed by atoms with Gasteiger partial charge in [-0.3, -0.25) is 4.90 Å². The van der Waals surface area contributed by atoms with Crippen LogP contribution in [0, 0.1) is 13.8 Å². The normalized spacial score (nSPS) is 10.4. The summed E-state index contributed by atoms with van der Waals surface area (Å²) in [6, 6.07) is 11.3. The van der Waals surface area contributed by atoms with E-state index in [2.05, 4.69) is 11.4 Å². The zero-order chi connectivity index (χ0) is 17.7. The van der Waals surface area contributed by atoms with Gasteiger partial charge in [0, 0.05) is 19.7 Å². The molecule has 0 radical (unpaired) electrons. The van der Waals surface area contributed by atoms with Crippen molar-refractivity contribution >= 4 is 11.7 Å². The number of nitrogens with zero attached hydrogens (tertiary/aromatic N) is 1. The molecule has 0 unspecified atom stereocenters. The van der Waals surface area contributed by atoms with E-state index in [0.717, 1.165) is 22.4 Å². The van der Waals surface area contributed by atoms with E-state index in [9.17, 15) is 9.90 Å². The number of amides is 2. The molecule has 0 bridgehead atoms. The Balaban J connectivity index is 2.32. The Morgan fingerprint density at radius 1 is 1.25 bits per heavy atom. The lowest BCUT2D eigenvalue weighted by molar-refractivity contribution is 0.249. The molecule has 24 heavy (non-hydrogen) atoms. The number of hydrogen-bond acceptors (Lipinski definition) is 3. The number of anilines is 1. The second-order valence-corrected chi connectivity index (χ2v) is 5.74. The van der Waals surface area contributed by atoms with Gasteiger partial charge in [0.1, 0.15) is 12.4 Å². The summed E-state index contributed by atoms with van der Waals surface area (Å²) < 4.78 is 5.96. The molecule has 5 heteroatoms. The Labute approximate surface area is 142 Å². The van der Waals surface area contributed by atoms with Crippen LogP contribution in [0.25, 0.3) is 0 Å². The Hall–Kier alpha value is -2.53. The molecular formula is C19H24N2O3. The van der Waals surface area contributed by atoms with E-state index in [4.69, 9.17) is 4.74 Å². The monoisotopic (exact) mass is 328 g/mol. The maximum absolute atomic E-state index is 11.9. The highest BCUT2D eigenvalue weighted by molar-refractivity contribution is 5.92. The maximum atomic E-state index is 11.9. The molecule has 0 spiro atoms. The van der Waals surface area contributed by atoms with Gasteiger partial charge in [-0.15, -0.1) is 0 Å². The molecule has 0 fully saturated rings. The highest BCUT2D eigenvalue weighted by Crippen LogP contribution is 2.27. The Morgan fingerprint density at radius 2 is 2.00 bits per heavy atom. The minimum Gasteiger partial charge on any atom is -0.489 e. The van der Waals surface area contributed by atoms with Crippen LogP contribution in [0.3, 0.4) is 0 Å². The third-order valence-electron chi connectivity index (χ3n) is 4.00. The van der Waals surface area contributed by atoms with Gasteiger partial charge in [0.15, 0.2) is 0 Å². The van der Waals surface area contributed by atoms with Crippen molar-refractivity contribution in [3.8, 4) is 5.75 Å². The second-order valence-electron chi connectivity index (χ2n) is 5.74. The third kappa shape index (κ3) is 3.86. The number of benzene rings is 2. The van der Waals surface area contributed by atoms with Crippen molar-refractivity contribution in [2.45, 2.75) is 27.1 Å². The van der Waals surface area contributed by atoms with Crippen LogP contribution in [0.5, 0.6) is 5.75 Å². The summed E-state index contributed by atoms with van der Waals surface area (Å²) in [5.74, 6) is 0.793. The zero-order valence-electron chi connectivity index (χ0n) is 14.6. The van der Waals surface area contributed by atoms with E-state index >= 15 is 0 Å². The van der Waals surface area contributed by atoms with Crippen LogP contribution in [-0.2, 0) is 13.2 Å². The molecule has 0 saturated carbocycles. The first kappa shape index (κ1) is 17.8. The fourth-order valence-electron chi connectivity index (χ4n) is 2.64. The lowest BCUT2D eigenvalue weighted by Crippen LogP contribution is -2.35. The molecule has 2 aromatic rings. The molecule has 2 N–H and O–H groups in total. The summed E-state index contributed by atoms with van der Waals surface area (Å²) in [5, 5.41) is 12.2. The van der Waals surface area contributed by atoms with Crippen LogP contribution >= 0.6 is 0 Å². The highest BCUT2D eigenvalue weighted by Gasteiger charge is 2.16. The second kappa shape index (κ2) is 7.84. The van der Waals surface area contributed by atoms with Crippen molar-refractivity contribution < 1.29 is 14.6 Å². The summed E-state index contributed by atoms with van der Waals surface area (Å²) in [7, 11) is 3.27. The largest absolute Gasteiger partial charge is 0.489 e. The van der Waals surface area contributed by atoms with Crippen molar-refractivity contribution in [2.24, 2.45) is 0 Å². The number of urea groups is 1. The van der Waals surface area contributed by atoms with E-state index in [1.54, 1.807) is 14.1 Å². The van der Waals surface area contributed by atoms with Crippen LogP contribution in [0.4, 0.5) is 10.5 Å². The van der Waals surface area contributed by atoms with Gasteiger partial charge in [-0.05, 0) is 37.1 Å². The van der Waals surface area contributed by atoms with E-state index in [1.807, 2.05) is 44.2 Å². The number of nitrogens with one attached hydrogen (secondary N) is 1. The minimum atomic E-state index is -0.224. The van der Waals surface area contributed by atoms with Crippen molar-refractivity contribution in [2.75, 3.05) is 19.0 Å². The number of hydrogen-bond donors (Lipinski definition) is 2. The lowest BCUT2D eigenvalue weighted by Gasteiger charge is -2.22. The summed E-state index contributed by atoms with van der Waals surface area (Å²) in [4.78, 5) is 13.5. The molecule has 0 saturated heterocycles. The van der Waals surface area contributed by atoms with E-state index in [-0.39, 0.29) is 19.2 Å². The van der Waals surface area contributed by atoms with E-state index in [0.29, 0.717) is 5.69 Å². The van der Waals surface area contributed by atoms with Gasteiger partial charge in [-0.2, -0.15) is 0 Å². The number of ether oxygens (including phenoxy) is 1. The molecule has 2 amide bonds. The highest BCUT2D eigenvalue weighted by atomic mass is 16.5. The fourth-order valence-corrected chi connectivity index (χ4v) is 2.64. The molecule has 128 valence electrons. The quantitative estimate of drug-likeness (QED) is 0.886. The SMILES string of the molecule is CNC(=O)N(C)c1cccc(CO)c1COc1ccc(C)cc1C. The Kier molecular flexibility index (Phi) is 5.82. The predicted octanol–water partition coefficient (Wildman–Crippen LogP) is 3.15. The zero-order valence-corrected chi connectivity index (χ0v) is 14.6. The molecule has 0 aromatic heterocycles. The van der Waals surface area contributed by atoms with Gasteiger partial charge in [-0.25, -0.2) is 4.79 Å². The molecule has 5 nitrogen and oxygen atoms in total. The number of aryl methyl sites for hydroxylation is 2. The predicted molar refractivity (Wildman–Crippen MR) is 95.5 cm³/mol. The van der Waals surface area contributed by atoms with Crippen LogP contribution in [0.1, 0.15) is 22.3 Å². The molecule has 2 rings (SSSR count). The summed E-state index contributed by atoms with van der Waals surface area (Å²) in [6.45, 7) is 4.20. The molecule has 0 aliphatic heterocycles. The fraction of sp³-hybridized carbons (Fsp3) is 0.316.